The molecule has 4 heteroatoms. The second-order valence-electron chi connectivity index (χ2n) is 5.51. The molecule has 0 bridgehead atoms. The smallest absolute Gasteiger partial charge is 0.101 e. The summed E-state index contributed by atoms with van der Waals surface area (Å²) in [4.78, 5) is 2.50. The molecule has 1 unspecified atom stereocenters. The summed E-state index contributed by atoms with van der Waals surface area (Å²) in [5.41, 5.74) is 1.65. The summed E-state index contributed by atoms with van der Waals surface area (Å²) in [6.07, 6.45) is 2.47. The lowest BCUT2D eigenvalue weighted by molar-refractivity contribution is 0.183. The molecule has 0 aromatic heterocycles. The highest BCUT2D eigenvalue weighted by atomic mass is 79.9. The van der Waals surface area contributed by atoms with E-state index in [0.717, 1.165) is 16.7 Å². The minimum Gasteiger partial charge on any atom is -0.381 e. The van der Waals surface area contributed by atoms with Crippen molar-refractivity contribution in [1.82, 2.24) is 4.90 Å². The molecule has 0 saturated carbocycles. The van der Waals surface area contributed by atoms with Crippen LogP contribution in [0.5, 0.6) is 0 Å². The van der Waals surface area contributed by atoms with E-state index in [1.165, 1.54) is 25.9 Å². The average molecular weight is 336 g/mol. The first-order valence-corrected chi connectivity index (χ1v) is 8.12. The van der Waals surface area contributed by atoms with Gasteiger partial charge in [0, 0.05) is 10.5 Å². The molecule has 20 heavy (non-hydrogen) atoms. The van der Waals surface area contributed by atoms with Crippen molar-refractivity contribution in [3.63, 3.8) is 0 Å². The molecule has 1 atom stereocenters. The lowest BCUT2D eigenvalue weighted by atomic mass is 9.90. The van der Waals surface area contributed by atoms with Crippen LogP contribution >= 0.6 is 15.9 Å². The molecule has 1 N–H and O–H groups in total. The average Bonchev–Trinajstić information content (AvgIpc) is 2.47. The molecule has 1 aliphatic heterocycles. The third-order valence-corrected chi connectivity index (χ3v) is 4.77. The maximum Gasteiger partial charge on any atom is 0.101 e. The highest BCUT2D eigenvalue weighted by Crippen LogP contribution is 2.26. The van der Waals surface area contributed by atoms with Crippen molar-refractivity contribution in [1.29, 1.82) is 5.26 Å². The SMILES string of the molecule is CCN1CCC(C(C)Nc2cc(Br)ccc2C#N)CC1. The van der Waals surface area contributed by atoms with Gasteiger partial charge in [-0.25, -0.2) is 0 Å². The minimum atomic E-state index is 0.399. The van der Waals surface area contributed by atoms with Crippen LogP contribution in [0.2, 0.25) is 0 Å². The molecule has 1 fully saturated rings. The van der Waals surface area contributed by atoms with Gasteiger partial charge in [0.2, 0.25) is 0 Å². The van der Waals surface area contributed by atoms with Crippen molar-refractivity contribution in [3.05, 3.63) is 28.2 Å². The number of hydrogen-bond acceptors (Lipinski definition) is 3. The summed E-state index contributed by atoms with van der Waals surface area (Å²) in [7, 11) is 0. The Labute approximate surface area is 130 Å². The van der Waals surface area contributed by atoms with E-state index in [1.807, 2.05) is 18.2 Å². The Kier molecular flexibility index (Phi) is 5.45. The van der Waals surface area contributed by atoms with Crippen molar-refractivity contribution >= 4 is 21.6 Å². The number of hydrogen-bond donors (Lipinski definition) is 1. The van der Waals surface area contributed by atoms with Crippen LogP contribution in [-0.4, -0.2) is 30.6 Å². The number of likely N-dealkylation sites (tertiary alicyclic amines) is 1. The predicted molar refractivity (Wildman–Crippen MR) is 86.8 cm³/mol. The zero-order chi connectivity index (χ0) is 14.5. The molecule has 1 saturated heterocycles. The van der Waals surface area contributed by atoms with Crippen LogP contribution in [0.4, 0.5) is 5.69 Å². The zero-order valence-corrected chi connectivity index (χ0v) is 13.8. The molecule has 3 nitrogen and oxygen atoms in total. The van der Waals surface area contributed by atoms with Crippen LogP contribution in [0.25, 0.3) is 0 Å². The minimum absolute atomic E-state index is 0.399. The molecule has 2 rings (SSSR count). The van der Waals surface area contributed by atoms with Crippen molar-refractivity contribution in [2.24, 2.45) is 5.92 Å². The molecule has 1 aromatic rings. The number of nitrogens with zero attached hydrogens (tertiary/aromatic N) is 2. The van der Waals surface area contributed by atoms with Crippen LogP contribution in [-0.2, 0) is 0 Å². The highest BCUT2D eigenvalue weighted by molar-refractivity contribution is 9.10. The van der Waals surface area contributed by atoms with E-state index in [1.54, 1.807) is 0 Å². The summed E-state index contributed by atoms with van der Waals surface area (Å²) in [5.74, 6) is 0.684. The molecule has 0 spiro atoms. The largest absolute Gasteiger partial charge is 0.381 e. The predicted octanol–water partition coefficient (Wildman–Crippen LogP) is 3.85. The monoisotopic (exact) mass is 335 g/mol. The van der Waals surface area contributed by atoms with Gasteiger partial charge in [0.25, 0.3) is 0 Å². The van der Waals surface area contributed by atoms with E-state index in [-0.39, 0.29) is 0 Å². The van der Waals surface area contributed by atoms with E-state index >= 15 is 0 Å². The lowest BCUT2D eigenvalue weighted by Crippen LogP contribution is -2.39. The molecular weight excluding hydrogens is 314 g/mol. The maximum absolute atomic E-state index is 9.19. The van der Waals surface area contributed by atoms with Gasteiger partial charge in [-0.2, -0.15) is 5.26 Å². The second-order valence-corrected chi connectivity index (χ2v) is 6.42. The van der Waals surface area contributed by atoms with Crippen LogP contribution < -0.4 is 5.32 Å². The first-order valence-electron chi connectivity index (χ1n) is 7.32. The lowest BCUT2D eigenvalue weighted by Gasteiger charge is -2.35. The second kappa shape index (κ2) is 7.10. The fourth-order valence-corrected chi connectivity index (χ4v) is 3.23. The highest BCUT2D eigenvalue weighted by Gasteiger charge is 2.23. The molecule has 0 radical (unpaired) electrons. The van der Waals surface area contributed by atoms with Gasteiger partial charge in [-0.1, -0.05) is 22.9 Å². The number of benzene rings is 1. The number of nitrogens with one attached hydrogen (secondary N) is 1. The molecule has 0 aliphatic carbocycles. The van der Waals surface area contributed by atoms with E-state index in [4.69, 9.17) is 0 Å². The van der Waals surface area contributed by atoms with Gasteiger partial charge in [-0.3, -0.25) is 0 Å². The number of piperidine rings is 1. The third-order valence-electron chi connectivity index (χ3n) is 4.27. The Morgan fingerprint density at radius 1 is 1.45 bits per heavy atom. The van der Waals surface area contributed by atoms with E-state index in [9.17, 15) is 5.26 Å². The molecule has 0 amide bonds. The van der Waals surface area contributed by atoms with Crippen LogP contribution in [0.1, 0.15) is 32.3 Å². The van der Waals surface area contributed by atoms with Gasteiger partial charge in [0.05, 0.1) is 11.3 Å². The molecular formula is C16H22BrN3. The van der Waals surface area contributed by atoms with Crippen LogP contribution in [0.15, 0.2) is 22.7 Å². The Balaban J connectivity index is 2.00. The number of rotatable bonds is 4. The first kappa shape index (κ1) is 15.3. The molecule has 108 valence electrons. The summed E-state index contributed by atoms with van der Waals surface area (Å²) >= 11 is 3.47. The number of anilines is 1. The molecule has 1 aliphatic rings. The van der Waals surface area contributed by atoms with Crippen molar-refractivity contribution < 1.29 is 0 Å². The third kappa shape index (κ3) is 3.74. The summed E-state index contributed by atoms with van der Waals surface area (Å²) in [6.45, 7) is 7.99. The summed E-state index contributed by atoms with van der Waals surface area (Å²) in [5, 5.41) is 12.7. The maximum atomic E-state index is 9.19. The quantitative estimate of drug-likeness (QED) is 0.908. The molecule has 1 heterocycles. The van der Waals surface area contributed by atoms with Gasteiger partial charge in [0.15, 0.2) is 0 Å². The fraction of sp³-hybridized carbons (Fsp3) is 0.562. The summed E-state index contributed by atoms with van der Waals surface area (Å²) in [6, 6.07) is 8.42. The van der Waals surface area contributed by atoms with E-state index < -0.39 is 0 Å². The van der Waals surface area contributed by atoms with Crippen molar-refractivity contribution in [2.75, 3.05) is 25.0 Å². The Bertz CT molecular complexity index is 487. The van der Waals surface area contributed by atoms with E-state index in [2.05, 4.69) is 46.1 Å². The van der Waals surface area contributed by atoms with Gasteiger partial charge in [0.1, 0.15) is 6.07 Å². The van der Waals surface area contributed by atoms with Crippen LogP contribution in [0, 0.1) is 17.2 Å². The van der Waals surface area contributed by atoms with Gasteiger partial charge < -0.3 is 10.2 Å². The number of nitriles is 1. The number of halogens is 1. The first-order chi connectivity index (χ1) is 9.63. The van der Waals surface area contributed by atoms with Crippen molar-refractivity contribution in [2.45, 2.75) is 32.7 Å². The Morgan fingerprint density at radius 2 is 2.15 bits per heavy atom. The summed E-state index contributed by atoms with van der Waals surface area (Å²) < 4.78 is 1.01. The standard InChI is InChI=1S/C16H22BrN3/c1-3-20-8-6-13(7-9-20)12(2)19-16-10-15(17)5-4-14(16)11-18/h4-5,10,12-13,19H,3,6-9H2,1-2H3. The zero-order valence-electron chi connectivity index (χ0n) is 12.2. The van der Waals surface area contributed by atoms with Gasteiger partial charge in [-0.05, 0) is 63.5 Å². The topological polar surface area (TPSA) is 39.1 Å². The Morgan fingerprint density at radius 3 is 2.75 bits per heavy atom. The molecule has 1 aromatic carbocycles. The van der Waals surface area contributed by atoms with Gasteiger partial charge >= 0.3 is 0 Å². The Hall–Kier alpha value is -1.05. The van der Waals surface area contributed by atoms with E-state index in [0.29, 0.717) is 17.5 Å². The fourth-order valence-electron chi connectivity index (χ4n) is 2.87. The van der Waals surface area contributed by atoms with Crippen molar-refractivity contribution in [3.8, 4) is 6.07 Å². The normalized spacial score (nSPS) is 18.5. The van der Waals surface area contributed by atoms with Gasteiger partial charge in [-0.15, -0.1) is 0 Å². The van der Waals surface area contributed by atoms with Crippen LogP contribution in [0.3, 0.4) is 0 Å².